The van der Waals surface area contributed by atoms with Gasteiger partial charge < -0.3 is 4.98 Å². The van der Waals surface area contributed by atoms with Crippen molar-refractivity contribution in [3.8, 4) is 0 Å². The molecular weight excluding hydrogens is 184 g/mol. The van der Waals surface area contributed by atoms with Crippen LogP contribution in [0.2, 0.25) is 0 Å². The Balaban J connectivity index is 0.000000442. The Kier molecular flexibility index (Phi) is 6.43. The Morgan fingerprint density at radius 1 is 1.07 bits per heavy atom. The van der Waals surface area contributed by atoms with Gasteiger partial charge in [0.05, 0.1) is 11.0 Å². The van der Waals surface area contributed by atoms with Crippen LogP contribution in [0.15, 0.2) is 18.3 Å². The maximum absolute atomic E-state index is 4.37. The topological polar surface area (TPSA) is 28.7 Å². The summed E-state index contributed by atoms with van der Waals surface area (Å²) < 4.78 is 0. The lowest BCUT2D eigenvalue weighted by atomic mass is 10.2. The van der Waals surface area contributed by atoms with E-state index in [0.29, 0.717) is 0 Å². The number of pyridine rings is 1. The van der Waals surface area contributed by atoms with Crippen LogP contribution in [0.5, 0.6) is 0 Å². The van der Waals surface area contributed by atoms with Crippen molar-refractivity contribution < 1.29 is 0 Å². The van der Waals surface area contributed by atoms with Crippen LogP contribution in [-0.4, -0.2) is 9.97 Å². The highest BCUT2D eigenvalue weighted by molar-refractivity contribution is 5.78. The van der Waals surface area contributed by atoms with Crippen LogP contribution >= 0.6 is 0 Å². The third kappa shape index (κ3) is 3.39. The van der Waals surface area contributed by atoms with Gasteiger partial charge in [0, 0.05) is 11.9 Å². The number of nitrogens with zero attached hydrogens (tertiary/aromatic N) is 1. The summed E-state index contributed by atoms with van der Waals surface area (Å²) in [4.78, 5) is 7.52. The highest BCUT2D eigenvalue weighted by atomic mass is 14.8. The van der Waals surface area contributed by atoms with Crippen LogP contribution in [0.3, 0.4) is 0 Å². The molecule has 2 aromatic heterocycles. The van der Waals surface area contributed by atoms with Gasteiger partial charge in [0.25, 0.3) is 0 Å². The van der Waals surface area contributed by atoms with Gasteiger partial charge in [0.2, 0.25) is 0 Å². The third-order valence-corrected chi connectivity index (χ3v) is 1.84. The summed E-state index contributed by atoms with van der Waals surface area (Å²) in [5.41, 5.74) is 4.55. The quantitative estimate of drug-likeness (QED) is 0.686. The number of hydrogen-bond donors (Lipinski definition) is 1. The van der Waals surface area contributed by atoms with Crippen molar-refractivity contribution >= 4 is 11.0 Å². The molecule has 0 amide bonds. The molecule has 84 valence electrons. The summed E-state index contributed by atoms with van der Waals surface area (Å²) in [5, 5.41) is 0. The number of aromatic amines is 1. The molecule has 0 atom stereocenters. The number of fused-ring (bicyclic) bond motifs is 1. The van der Waals surface area contributed by atoms with Gasteiger partial charge in [-0.05, 0) is 31.5 Å². The van der Waals surface area contributed by atoms with Crippen molar-refractivity contribution in [2.45, 2.75) is 41.5 Å². The summed E-state index contributed by atoms with van der Waals surface area (Å²) in [5.74, 6) is 0. The Morgan fingerprint density at radius 2 is 1.67 bits per heavy atom. The van der Waals surface area contributed by atoms with Crippen LogP contribution in [0.1, 0.15) is 39.0 Å². The summed E-state index contributed by atoms with van der Waals surface area (Å²) >= 11 is 0. The summed E-state index contributed by atoms with van der Waals surface area (Å²) in [6, 6.07) is 4.08. The molecule has 2 rings (SSSR count). The van der Waals surface area contributed by atoms with Gasteiger partial charge in [-0.15, -0.1) is 0 Å². The van der Waals surface area contributed by atoms with E-state index in [0.717, 1.165) is 16.7 Å². The maximum Gasteiger partial charge on any atom is 0.0884 e. The lowest BCUT2D eigenvalue weighted by Gasteiger charge is -1.96. The second-order valence-electron chi connectivity index (χ2n) is 2.82. The van der Waals surface area contributed by atoms with Crippen molar-refractivity contribution in [3.05, 3.63) is 29.6 Å². The zero-order valence-electron chi connectivity index (χ0n) is 10.7. The molecular formula is C13H22N2. The third-order valence-electron chi connectivity index (χ3n) is 1.84. The molecule has 0 aliphatic rings. The molecule has 0 unspecified atom stereocenters. The SMILES string of the molecule is CC.CC.Cc1cc(C)c2[nH]ccc2n1. The van der Waals surface area contributed by atoms with Crippen molar-refractivity contribution in [2.24, 2.45) is 0 Å². The van der Waals surface area contributed by atoms with Crippen molar-refractivity contribution in [1.82, 2.24) is 9.97 Å². The molecule has 0 saturated carbocycles. The van der Waals surface area contributed by atoms with E-state index in [2.05, 4.69) is 23.0 Å². The first-order valence-corrected chi connectivity index (χ1v) is 5.69. The average Bonchev–Trinajstić information content (AvgIpc) is 2.72. The fourth-order valence-electron chi connectivity index (χ4n) is 1.38. The average molecular weight is 206 g/mol. The predicted octanol–water partition coefficient (Wildman–Crippen LogP) is 4.23. The fourth-order valence-corrected chi connectivity index (χ4v) is 1.38. The van der Waals surface area contributed by atoms with Crippen LogP contribution in [0, 0.1) is 13.8 Å². The Bertz CT molecular complexity index is 388. The molecule has 2 heterocycles. The fraction of sp³-hybridized carbons (Fsp3) is 0.462. The summed E-state index contributed by atoms with van der Waals surface area (Å²) in [6.45, 7) is 12.1. The Hall–Kier alpha value is -1.31. The zero-order chi connectivity index (χ0) is 11.8. The number of H-pyrrole nitrogens is 1. The second kappa shape index (κ2) is 7.04. The minimum absolute atomic E-state index is 1.06. The molecule has 15 heavy (non-hydrogen) atoms. The van der Waals surface area contributed by atoms with Crippen LogP contribution in [0.4, 0.5) is 0 Å². The molecule has 0 bridgehead atoms. The lowest BCUT2D eigenvalue weighted by molar-refractivity contribution is 1.23. The first-order valence-electron chi connectivity index (χ1n) is 5.69. The molecule has 0 radical (unpaired) electrons. The molecule has 0 aromatic carbocycles. The van der Waals surface area contributed by atoms with E-state index in [1.54, 1.807) is 0 Å². The molecule has 0 saturated heterocycles. The minimum Gasteiger partial charge on any atom is -0.360 e. The van der Waals surface area contributed by atoms with Crippen LogP contribution < -0.4 is 0 Å². The van der Waals surface area contributed by atoms with Crippen LogP contribution in [-0.2, 0) is 0 Å². The Morgan fingerprint density at radius 3 is 2.27 bits per heavy atom. The highest BCUT2D eigenvalue weighted by Gasteiger charge is 1.98. The second-order valence-corrected chi connectivity index (χ2v) is 2.82. The molecule has 0 spiro atoms. The van der Waals surface area contributed by atoms with Gasteiger partial charge >= 0.3 is 0 Å². The highest BCUT2D eigenvalue weighted by Crippen LogP contribution is 2.14. The Labute approximate surface area is 92.7 Å². The van der Waals surface area contributed by atoms with E-state index >= 15 is 0 Å². The summed E-state index contributed by atoms with van der Waals surface area (Å²) in [7, 11) is 0. The van der Waals surface area contributed by atoms with E-state index < -0.39 is 0 Å². The lowest BCUT2D eigenvalue weighted by Crippen LogP contribution is -1.84. The molecule has 1 N–H and O–H groups in total. The first kappa shape index (κ1) is 13.7. The van der Waals surface area contributed by atoms with Gasteiger partial charge in [0.1, 0.15) is 0 Å². The van der Waals surface area contributed by atoms with E-state index in [9.17, 15) is 0 Å². The minimum atomic E-state index is 1.06. The van der Waals surface area contributed by atoms with Crippen molar-refractivity contribution in [3.63, 3.8) is 0 Å². The number of aryl methyl sites for hydroxylation is 2. The smallest absolute Gasteiger partial charge is 0.0884 e. The van der Waals surface area contributed by atoms with E-state index in [1.165, 1.54) is 5.56 Å². The van der Waals surface area contributed by atoms with Crippen molar-refractivity contribution in [2.75, 3.05) is 0 Å². The molecule has 0 fully saturated rings. The van der Waals surface area contributed by atoms with Gasteiger partial charge in [-0.2, -0.15) is 0 Å². The largest absolute Gasteiger partial charge is 0.360 e. The first-order chi connectivity index (χ1) is 7.27. The number of nitrogens with one attached hydrogen (secondary N) is 1. The molecule has 0 aliphatic heterocycles. The standard InChI is InChI=1S/C9H10N2.2C2H6/c1-6-5-7(2)11-8-3-4-10-9(6)8;2*1-2/h3-5,10H,1-2H3;2*1-2H3. The molecule has 2 aromatic rings. The number of aromatic nitrogens is 2. The predicted molar refractivity (Wildman–Crippen MR) is 68.3 cm³/mol. The monoisotopic (exact) mass is 206 g/mol. The molecule has 2 heteroatoms. The molecule has 2 nitrogen and oxygen atoms in total. The number of rotatable bonds is 0. The molecule has 0 aliphatic carbocycles. The van der Waals surface area contributed by atoms with E-state index in [-0.39, 0.29) is 0 Å². The van der Waals surface area contributed by atoms with E-state index in [4.69, 9.17) is 0 Å². The number of hydrogen-bond acceptors (Lipinski definition) is 1. The van der Waals surface area contributed by atoms with Crippen LogP contribution in [0.25, 0.3) is 11.0 Å². The summed E-state index contributed by atoms with van der Waals surface area (Å²) in [6.07, 6.45) is 1.92. The van der Waals surface area contributed by atoms with Gasteiger partial charge in [-0.25, -0.2) is 0 Å². The zero-order valence-corrected chi connectivity index (χ0v) is 10.7. The van der Waals surface area contributed by atoms with E-state index in [1.807, 2.05) is 46.9 Å². The van der Waals surface area contributed by atoms with Crippen molar-refractivity contribution in [1.29, 1.82) is 0 Å². The van der Waals surface area contributed by atoms with Gasteiger partial charge in [-0.1, -0.05) is 27.7 Å². The van der Waals surface area contributed by atoms with Gasteiger partial charge in [-0.3, -0.25) is 4.98 Å². The maximum atomic E-state index is 4.37. The normalized spacial score (nSPS) is 8.67. The van der Waals surface area contributed by atoms with Gasteiger partial charge in [0.15, 0.2) is 0 Å².